The van der Waals surface area contributed by atoms with E-state index in [9.17, 15) is 0 Å². The molecule has 3 nitrogen and oxygen atoms in total. The van der Waals surface area contributed by atoms with Gasteiger partial charge in [0.15, 0.2) is 0 Å². The van der Waals surface area contributed by atoms with Crippen molar-refractivity contribution in [3.8, 4) is 45.0 Å². The summed E-state index contributed by atoms with van der Waals surface area (Å²) in [6.07, 6.45) is 0. The predicted molar refractivity (Wildman–Crippen MR) is 209 cm³/mol. The van der Waals surface area contributed by atoms with E-state index in [-0.39, 0.29) is 0 Å². The molecular formula is C47H31N3. The van der Waals surface area contributed by atoms with E-state index in [1.165, 1.54) is 43.7 Å². The number of hydrogen-bond acceptors (Lipinski definition) is 1. The summed E-state index contributed by atoms with van der Waals surface area (Å²) < 4.78 is 4.73. The summed E-state index contributed by atoms with van der Waals surface area (Å²) in [5, 5.41) is 4.93. The molecule has 3 aromatic heterocycles. The Labute approximate surface area is 290 Å². The van der Waals surface area contributed by atoms with Gasteiger partial charge in [0.05, 0.1) is 27.8 Å². The maximum Gasteiger partial charge on any atom is 0.138 e. The summed E-state index contributed by atoms with van der Waals surface area (Å²) in [5.41, 5.74) is 12.5. The minimum absolute atomic E-state index is 0.896. The highest BCUT2D eigenvalue weighted by molar-refractivity contribution is 6.17. The van der Waals surface area contributed by atoms with Gasteiger partial charge in [-0.15, -0.1) is 0 Å². The Kier molecular flexibility index (Phi) is 6.49. The largest absolute Gasteiger partial charge is 0.309 e. The monoisotopic (exact) mass is 637 g/mol. The Morgan fingerprint density at radius 3 is 1.70 bits per heavy atom. The quantitative estimate of drug-likeness (QED) is 0.184. The van der Waals surface area contributed by atoms with E-state index in [4.69, 9.17) is 4.98 Å². The summed E-state index contributed by atoms with van der Waals surface area (Å²) in [4.78, 5) is 5.34. The first-order chi connectivity index (χ1) is 24.8. The van der Waals surface area contributed by atoms with Crippen molar-refractivity contribution in [2.24, 2.45) is 0 Å². The van der Waals surface area contributed by atoms with E-state index in [1.807, 2.05) is 0 Å². The molecular weight excluding hydrogens is 607 g/mol. The first-order valence-electron chi connectivity index (χ1n) is 17.1. The van der Waals surface area contributed by atoms with Gasteiger partial charge in [-0.1, -0.05) is 140 Å². The van der Waals surface area contributed by atoms with Crippen LogP contribution < -0.4 is 0 Å². The van der Waals surface area contributed by atoms with Gasteiger partial charge in [0, 0.05) is 32.8 Å². The van der Waals surface area contributed by atoms with Crippen LogP contribution in [0, 0.1) is 0 Å². The topological polar surface area (TPSA) is 22.8 Å². The van der Waals surface area contributed by atoms with Gasteiger partial charge in [0.1, 0.15) is 5.82 Å². The first-order valence-corrected chi connectivity index (χ1v) is 17.1. The summed E-state index contributed by atoms with van der Waals surface area (Å²) in [5.74, 6) is 0.896. The van der Waals surface area contributed by atoms with Crippen LogP contribution in [0.5, 0.6) is 0 Å². The number of nitrogens with zero attached hydrogens (tertiary/aromatic N) is 3. The van der Waals surface area contributed by atoms with Crippen molar-refractivity contribution in [3.63, 3.8) is 0 Å². The molecule has 0 saturated heterocycles. The second-order valence-corrected chi connectivity index (χ2v) is 12.8. The van der Waals surface area contributed by atoms with E-state index >= 15 is 0 Å². The normalized spacial score (nSPS) is 11.6. The summed E-state index contributed by atoms with van der Waals surface area (Å²) in [7, 11) is 0. The Morgan fingerprint density at radius 1 is 0.340 bits per heavy atom. The van der Waals surface area contributed by atoms with Crippen LogP contribution in [0.4, 0.5) is 0 Å². The average molecular weight is 638 g/mol. The van der Waals surface area contributed by atoms with Crippen LogP contribution in [0.3, 0.4) is 0 Å². The Hall–Kier alpha value is -6.71. The van der Waals surface area contributed by atoms with Crippen LogP contribution in [0.2, 0.25) is 0 Å². The zero-order valence-corrected chi connectivity index (χ0v) is 27.2. The number of fused-ring (bicyclic) bond motifs is 6. The van der Waals surface area contributed by atoms with Crippen molar-refractivity contribution < 1.29 is 0 Å². The van der Waals surface area contributed by atoms with E-state index in [2.05, 4.69) is 197 Å². The van der Waals surface area contributed by atoms with Gasteiger partial charge in [-0.2, -0.15) is 0 Å². The second kappa shape index (κ2) is 11.5. The fourth-order valence-electron chi connectivity index (χ4n) is 7.68. The molecule has 0 aliphatic rings. The zero-order valence-electron chi connectivity index (χ0n) is 27.2. The molecule has 0 aliphatic carbocycles. The number of rotatable bonds is 5. The molecule has 10 aromatic rings. The number of para-hydroxylation sites is 3. The Balaban J connectivity index is 1.24. The zero-order chi connectivity index (χ0) is 33.0. The fraction of sp³-hybridized carbons (Fsp3) is 0. The molecule has 10 rings (SSSR count). The lowest BCUT2D eigenvalue weighted by Gasteiger charge is -2.13. The van der Waals surface area contributed by atoms with Crippen LogP contribution in [-0.2, 0) is 0 Å². The third-order valence-electron chi connectivity index (χ3n) is 9.91. The number of hydrogen-bond donors (Lipinski definition) is 0. The molecule has 234 valence electrons. The number of aromatic nitrogens is 3. The van der Waals surface area contributed by atoms with Crippen LogP contribution in [0.25, 0.3) is 88.6 Å². The lowest BCUT2D eigenvalue weighted by molar-refractivity contribution is 1.08. The van der Waals surface area contributed by atoms with Crippen LogP contribution in [0.1, 0.15) is 0 Å². The standard InChI is InChI=1S/C47H31N3/c1-4-15-32(16-5-1)35-29-41(33-17-6-2-7-18-33)48-46(31-35)50-43-25-13-11-22-40(43)47-37(23-14-26-44(47)50)34-27-28-39-38-21-10-12-24-42(38)49(45(39)30-34)36-19-8-3-9-20-36/h1-31H. The van der Waals surface area contributed by atoms with Gasteiger partial charge in [-0.25, -0.2) is 4.98 Å². The number of pyridine rings is 1. The molecule has 3 heterocycles. The minimum Gasteiger partial charge on any atom is -0.309 e. The summed E-state index contributed by atoms with van der Waals surface area (Å²) >= 11 is 0. The molecule has 0 saturated carbocycles. The van der Waals surface area contributed by atoms with Gasteiger partial charge in [0.25, 0.3) is 0 Å². The van der Waals surface area contributed by atoms with Gasteiger partial charge in [-0.3, -0.25) is 4.57 Å². The lowest BCUT2D eigenvalue weighted by atomic mass is 9.98. The van der Waals surface area contributed by atoms with Crippen molar-refractivity contribution in [1.82, 2.24) is 14.1 Å². The fourth-order valence-corrected chi connectivity index (χ4v) is 7.68. The highest BCUT2D eigenvalue weighted by atomic mass is 15.1. The first kappa shape index (κ1) is 28.3. The Morgan fingerprint density at radius 2 is 0.940 bits per heavy atom. The second-order valence-electron chi connectivity index (χ2n) is 12.8. The molecule has 0 N–H and O–H groups in total. The van der Waals surface area contributed by atoms with Crippen molar-refractivity contribution >= 4 is 43.6 Å². The van der Waals surface area contributed by atoms with Crippen molar-refractivity contribution in [2.75, 3.05) is 0 Å². The molecule has 0 spiro atoms. The third-order valence-corrected chi connectivity index (χ3v) is 9.91. The molecule has 3 heteroatoms. The lowest BCUT2D eigenvalue weighted by Crippen LogP contribution is -2.00. The SMILES string of the molecule is c1ccc(-c2cc(-c3ccccc3)nc(-n3c4ccccc4c4c(-c5ccc6c7ccccc7n(-c7ccccc7)c6c5)cccc43)c2)cc1. The highest BCUT2D eigenvalue weighted by Crippen LogP contribution is 2.41. The van der Waals surface area contributed by atoms with Crippen LogP contribution in [-0.4, -0.2) is 14.1 Å². The summed E-state index contributed by atoms with van der Waals surface area (Å²) in [6.45, 7) is 0. The number of benzene rings is 7. The van der Waals surface area contributed by atoms with Gasteiger partial charge >= 0.3 is 0 Å². The van der Waals surface area contributed by atoms with Crippen LogP contribution >= 0.6 is 0 Å². The molecule has 0 aliphatic heterocycles. The molecule has 0 radical (unpaired) electrons. The molecule has 0 fully saturated rings. The smallest absolute Gasteiger partial charge is 0.138 e. The summed E-state index contributed by atoms with van der Waals surface area (Å²) in [6, 6.07) is 67.2. The van der Waals surface area contributed by atoms with Crippen molar-refractivity contribution in [3.05, 3.63) is 188 Å². The van der Waals surface area contributed by atoms with Crippen molar-refractivity contribution in [2.45, 2.75) is 0 Å². The maximum absolute atomic E-state index is 5.34. The molecule has 7 aromatic carbocycles. The predicted octanol–water partition coefficient (Wildman–Crippen LogP) is 12.3. The molecule has 0 amide bonds. The Bertz CT molecular complexity index is 2790. The van der Waals surface area contributed by atoms with E-state index < -0.39 is 0 Å². The van der Waals surface area contributed by atoms with E-state index in [0.717, 1.165) is 44.9 Å². The molecule has 50 heavy (non-hydrogen) atoms. The van der Waals surface area contributed by atoms with Gasteiger partial charge in [0.2, 0.25) is 0 Å². The van der Waals surface area contributed by atoms with Gasteiger partial charge in [-0.05, 0) is 70.8 Å². The average Bonchev–Trinajstić information content (AvgIpc) is 3.71. The molecule has 0 bridgehead atoms. The van der Waals surface area contributed by atoms with E-state index in [0.29, 0.717) is 0 Å². The maximum atomic E-state index is 5.34. The van der Waals surface area contributed by atoms with E-state index in [1.54, 1.807) is 0 Å². The van der Waals surface area contributed by atoms with Crippen LogP contribution in [0.15, 0.2) is 188 Å². The highest BCUT2D eigenvalue weighted by Gasteiger charge is 2.19. The van der Waals surface area contributed by atoms with Crippen molar-refractivity contribution in [1.29, 1.82) is 0 Å². The minimum atomic E-state index is 0.896. The molecule has 0 unspecified atom stereocenters. The molecule has 0 atom stereocenters. The third kappa shape index (κ3) is 4.48. The van der Waals surface area contributed by atoms with Gasteiger partial charge < -0.3 is 4.57 Å².